The normalized spacial score (nSPS) is 23.1. The van der Waals surface area contributed by atoms with Crippen molar-refractivity contribution in [3.63, 3.8) is 0 Å². The Bertz CT molecular complexity index is 655. The van der Waals surface area contributed by atoms with Crippen LogP contribution in [0.25, 0.3) is 0 Å². The van der Waals surface area contributed by atoms with Crippen LogP contribution in [-0.2, 0) is 10.2 Å². The summed E-state index contributed by atoms with van der Waals surface area (Å²) in [6, 6.07) is 9.19. The Morgan fingerprint density at radius 3 is 2.45 bits per heavy atom. The first-order valence-corrected chi connectivity index (χ1v) is 7.56. The summed E-state index contributed by atoms with van der Waals surface area (Å²) in [6.07, 6.45) is 1.78. The van der Waals surface area contributed by atoms with Crippen LogP contribution in [0.3, 0.4) is 0 Å². The molecule has 22 heavy (non-hydrogen) atoms. The van der Waals surface area contributed by atoms with E-state index in [1.807, 2.05) is 12.1 Å². The molecule has 1 saturated heterocycles. The van der Waals surface area contributed by atoms with Gasteiger partial charge in [0.05, 0.1) is 11.5 Å². The van der Waals surface area contributed by atoms with Gasteiger partial charge in [-0.15, -0.1) is 0 Å². The molecule has 1 aromatic carbocycles. The molecule has 114 valence electrons. The molecule has 0 bridgehead atoms. The number of hydrogen-bond acceptors (Lipinski definition) is 3. The highest BCUT2D eigenvalue weighted by Gasteiger charge is 2.44. The first kappa shape index (κ1) is 14.6. The number of likely N-dealkylation sites (N-methyl/N-ethyl adjacent to an activating group) is 1. The van der Waals surface area contributed by atoms with Crippen molar-refractivity contribution >= 4 is 11.8 Å². The Morgan fingerprint density at radius 2 is 1.91 bits per heavy atom. The number of carbonyl (C=O) groups excluding carboxylic acids is 2. The lowest BCUT2D eigenvalue weighted by molar-refractivity contribution is -0.137. The molecule has 1 atom stereocenters. The Balaban J connectivity index is 1.78. The molecule has 5 nitrogen and oxygen atoms in total. The van der Waals surface area contributed by atoms with Gasteiger partial charge >= 0.3 is 0 Å². The highest BCUT2D eigenvalue weighted by Crippen LogP contribution is 2.47. The van der Waals surface area contributed by atoms with Crippen LogP contribution in [0.15, 0.2) is 24.3 Å². The molecule has 1 saturated carbocycles. The van der Waals surface area contributed by atoms with Crippen LogP contribution in [0.5, 0.6) is 0 Å². The zero-order chi connectivity index (χ0) is 15.9. The maximum Gasteiger partial charge on any atom is 0.254 e. The minimum Gasteiger partial charge on any atom is -0.342 e. The molecule has 0 radical (unpaired) electrons. The monoisotopic (exact) mass is 297 g/mol. The van der Waals surface area contributed by atoms with E-state index in [1.54, 1.807) is 35.9 Å². The molecule has 2 amide bonds. The quantitative estimate of drug-likeness (QED) is 0.832. The van der Waals surface area contributed by atoms with Crippen LogP contribution >= 0.6 is 0 Å². The van der Waals surface area contributed by atoms with E-state index in [2.05, 4.69) is 6.07 Å². The van der Waals surface area contributed by atoms with E-state index in [0.29, 0.717) is 18.7 Å². The van der Waals surface area contributed by atoms with Gasteiger partial charge in [0.1, 0.15) is 6.04 Å². The molecule has 0 N–H and O–H groups in total. The van der Waals surface area contributed by atoms with Crippen LogP contribution in [0, 0.1) is 11.3 Å². The van der Waals surface area contributed by atoms with Gasteiger partial charge in [0, 0.05) is 25.7 Å². The fourth-order valence-electron chi connectivity index (χ4n) is 2.98. The van der Waals surface area contributed by atoms with Crippen LogP contribution in [0.4, 0.5) is 0 Å². The standard InChI is InChI=1S/C17H19N3O2/c1-12-15(21)19(2)9-10-20(12)16(22)13-3-5-14(6-4-13)17(11-18)7-8-17/h3-6,12H,7-10H2,1-2H3. The minimum atomic E-state index is -0.431. The van der Waals surface area contributed by atoms with E-state index >= 15 is 0 Å². The minimum absolute atomic E-state index is 0.0300. The molecule has 1 aliphatic carbocycles. The van der Waals surface area contributed by atoms with Crippen LogP contribution < -0.4 is 0 Å². The molecule has 2 aliphatic rings. The smallest absolute Gasteiger partial charge is 0.254 e. The predicted molar refractivity (Wildman–Crippen MR) is 81.1 cm³/mol. The number of nitrogens with zero attached hydrogens (tertiary/aromatic N) is 3. The van der Waals surface area contributed by atoms with Crippen molar-refractivity contribution in [2.45, 2.75) is 31.2 Å². The Labute approximate surface area is 130 Å². The molecule has 5 heteroatoms. The van der Waals surface area contributed by atoms with Gasteiger partial charge < -0.3 is 9.80 Å². The maximum atomic E-state index is 12.6. The van der Waals surface area contributed by atoms with Crippen molar-refractivity contribution in [2.75, 3.05) is 20.1 Å². The van der Waals surface area contributed by atoms with Gasteiger partial charge in [-0.3, -0.25) is 9.59 Å². The summed E-state index contributed by atoms with van der Waals surface area (Å²) in [5.74, 6) is -0.153. The van der Waals surface area contributed by atoms with E-state index in [-0.39, 0.29) is 17.2 Å². The van der Waals surface area contributed by atoms with Gasteiger partial charge in [0.2, 0.25) is 5.91 Å². The molecule has 1 unspecified atom stereocenters. The van der Waals surface area contributed by atoms with Crippen LogP contribution in [-0.4, -0.2) is 47.8 Å². The SMILES string of the molecule is CC1C(=O)N(C)CCN1C(=O)c1ccc(C2(C#N)CC2)cc1. The molecule has 3 rings (SSSR count). The van der Waals surface area contributed by atoms with Crippen molar-refractivity contribution < 1.29 is 9.59 Å². The van der Waals surface area contributed by atoms with Gasteiger partial charge in [0.15, 0.2) is 0 Å². The molecule has 0 spiro atoms. The van der Waals surface area contributed by atoms with Crippen molar-refractivity contribution in [2.24, 2.45) is 0 Å². The summed E-state index contributed by atoms with van der Waals surface area (Å²) in [5.41, 5.74) is 1.22. The second-order valence-electron chi connectivity index (χ2n) is 6.21. The van der Waals surface area contributed by atoms with Gasteiger partial charge in [-0.25, -0.2) is 0 Å². The Morgan fingerprint density at radius 1 is 1.27 bits per heavy atom. The third kappa shape index (κ3) is 2.25. The lowest BCUT2D eigenvalue weighted by Gasteiger charge is -2.37. The summed E-state index contributed by atoms with van der Waals surface area (Å²) in [5, 5.41) is 9.21. The molecule has 2 fully saturated rings. The summed E-state index contributed by atoms with van der Waals surface area (Å²) >= 11 is 0. The zero-order valence-corrected chi connectivity index (χ0v) is 12.9. The zero-order valence-electron chi connectivity index (χ0n) is 12.9. The number of amides is 2. The van der Waals surface area contributed by atoms with Gasteiger partial charge in [-0.1, -0.05) is 12.1 Å². The fourth-order valence-corrected chi connectivity index (χ4v) is 2.98. The van der Waals surface area contributed by atoms with Gasteiger partial charge in [-0.05, 0) is 37.5 Å². The Hall–Kier alpha value is -2.35. The van der Waals surface area contributed by atoms with E-state index in [0.717, 1.165) is 18.4 Å². The summed E-state index contributed by atoms with van der Waals surface area (Å²) in [7, 11) is 1.76. The third-order valence-electron chi connectivity index (χ3n) is 4.79. The maximum absolute atomic E-state index is 12.6. The fraction of sp³-hybridized carbons (Fsp3) is 0.471. The van der Waals surface area contributed by atoms with Crippen molar-refractivity contribution in [3.05, 3.63) is 35.4 Å². The average molecular weight is 297 g/mol. The number of rotatable bonds is 2. The predicted octanol–water partition coefficient (Wildman–Crippen LogP) is 1.54. The summed E-state index contributed by atoms with van der Waals surface area (Å²) < 4.78 is 0. The third-order valence-corrected chi connectivity index (χ3v) is 4.79. The van der Waals surface area contributed by atoms with E-state index < -0.39 is 6.04 Å². The van der Waals surface area contributed by atoms with Crippen LogP contribution in [0.2, 0.25) is 0 Å². The highest BCUT2D eigenvalue weighted by atomic mass is 16.2. The molecule has 1 heterocycles. The molecule has 1 aliphatic heterocycles. The largest absolute Gasteiger partial charge is 0.342 e. The lowest BCUT2D eigenvalue weighted by atomic mass is 9.96. The summed E-state index contributed by atoms with van der Waals surface area (Å²) in [4.78, 5) is 27.9. The molecule has 0 aromatic heterocycles. The van der Waals surface area contributed by atoms with Gasteiger partial charge in [-0.2, -0.15) is 5.26 Å². The Kier molecular flexibility index (Phi) is 3.40. The van der Waals surface area contributed by atoms with Gasteiger partial charge in [0.25, 0.3) is 5.91 Å². The first-order chi connectivity index (χ1) is 10.5. The number of benzene rings is 1. The second kappa shape index (κ2) is 5.13. The lowest BCUT2D eigenvalue weighted by Crippen LogP contribution is -2.56. The number of hydrogen-bond donors (Lipinski definition) is 0. The van der Waals surface area contributed by atoms with Crippen LogP contribution in [0.1, 0.15) is 35.7 Å². The molecule has 1 aromatic rings. The molecular weight excluding hydrogens is 278 g/mol. The van der Waals surface area contributed by atoms with E-state index in [4.69, 9.17) is 0 Å². The van der Waals surface area contributed by atoms with E-state index in [1.165, 1.54) is 0 Å². The summed E-state index contributed by atoms with van der Waals surface area (Å²) in [6.45, 7) is 2.87. The number of piperazine rings is 1. The van der Waals surface area contributed by atoms with Crippen molar-refractivity contribution in [1.82, 2.24) is 9.80 Å². The molecular formula is C17H19N3O2. The second-order valence-corrected chi connectivity index (χ2v) is 6.21. The number of carbonyl (C=O) groups is 2. The number of nitriles is 1. The highest BCUT2D eigenvalue weighted by molar-refractivity contribution is 5.98. The first-order valence-electron chi connectivity index (χ1n) is 7.56. The van der Waals surface area contributed by atoms with E-state index in [9.17, 15) is 14.9 Å². The topological polar surface area (TPSA) is 64.4 Å². The average Bonchev–Trinajstić information content (AvgIpc) is 3.34. The van der Waals surface area contributed by atoms with Crippen molar-refractivity contribution in [1.29, 1.82) is 5.26 Å². The van der Waals surface area contributed by atoms with Crippen molar-refractivity contribution in [3.8, 4) is 6.07 Å².